The average Bonchev–Trinajstić information content (AvgIpc) is 2.52. The van der Waals surface area contributed by atoms with Gasteiger partial charge < -0.3 is 14.8 Å². The van der Waals surface area contributed by atoms with E-state index in [9.17, 15) is 9.90 Å². The Bertz CT molecular complexity index is 415. The predicted molar refractivity (Wildman–Crippen MR) is 70.2 cm³/mol. The van der Waals surface area contributed by atoms with Gasteiger partial charge in [-0.25, -0.2) is 0 Å². The number of hydrogen-bond donors (Lipinski definition) is 2. The summed E-state index contributed by atoms with van der Waals surface area (Å²) in [5, 5.41) is 12.7. The molecule has 0 saturated heterocycles. The Morgan fingerprint density at radius 1 is 1.44 bits per heavy atom. The van der Waals surface area contributed by atoms with E-state index in [1.165, 1.54) is 0 Å². The van der Waals surface area contributed by atoms with Gasteiger partial charge in [0.2, 0.25) is 5.91 Å². The van der Waals surface area contributed by atoms with Crippen molar-refractivity contribution in [2.24, 2.45) is 5.41 Å². The summed E-state index contributed by atoms with van der Waals surface area (Å²) < 4.78 is 5.35. The number of furan rings is 1. The molecule has 0 aromatic carbocycles. The zero-order valence-electron chi connectivity index (χ0n) is 11.8. The minimum atomic E-state index is -0.716. The fraction of sp³-hybridized carbons (Fsp3) is 0.643. The molecule has 0 aliphatic carbocycles. The molecule has 1 aromatic heterocycles. The first-order valence-electron chi connectivity index (χ1n) is 6.21. The molecule has 18 heavy (non-hydrogen) atoms. The lowest BCUT2D eigenvalue weighted by atomic mass is 9.92. The van der Waals surface area contributed by atoms with Gasteiger partial charge in [-0.05, 0) is 25.3 Å². The summed E-state index contributed by atoms with van der Waals surface area (Å²) >= 11 is 0. The Hall–Kier alpha value is -1.29. The topological polar surface area (TPSA) is 62.5 Å². The molecule has 0 bridgehead atoms. The van der Waals surface area contributed by atoms with Crippen LogP contribution in [0.25, 0.3) is 0 Å². The molecule has 0 aliphatic heterocycles. The monoisotopic (exact) mass is 253 g/mol. The van der Waals surface area contributed by atoms with Gasteiger partial charge in [-0.3, -0.25) is 4.79 Å². The van der Waals surface area contributed by atoms with E-state index in [1.807, 2.05) is 34.6 Å². The Morgan fingerprint density at radius 2 is 2.06 bits per heavy atom. The Morgan fingerprint density at radius 3 is 2.50 bits per heavy atom. The molecule has 1 amide bonds. The van der Waals surface area contributed by atoms with Gasteiger partial charge in [0, 0.05) is 18.5 Å². The second-order valence-corrected chi connectivity index (χ2v) is 5.93. The van der Waals surface area contributed by atoms with Gasteiger partial charge in [-0.2, -0.15) is 0 Å². The van der Waals surface area contributed by atoms with Gasteiger partial charge in [0.05, 0.1) is 6.10 Å². The van der Waals surface area contributed by atoms with E-state index in [0.717, 1.165) is 11.3 Å². The van der Waals surface area contributed by atoms with Crippen molar-refractivity contribution >= 4 is 5.91 Å². The highest BCUT2D eigenvalue weighted by Crippen LogP contribution is 2.21. The number of aliphatic hydroxyl groups is 1. The number of aliphatic hydroxyl groups excluding tert-OH is 1. The number of amides is 1. The van der Waals surface area contributed by atoms with Crippen molar-refractivity contribution in [1.29, 1.82) is 0 Å². The first kappa shape index (κ1) is 14.8. The minimum Gasteiger partial charge on any atom is -0.466 e. The second kappa shape index (κ2) is 5.57. The third-order valence-electron chi connectivity index (χ3n) is 2.62. The third-order valence-corrected chi connectivity index (χ3v) is 2.62. The molecule has 0 radical (unpaired) electrons. The molecule has 0 aliphatic rings. The number of aryl methyl sites for hydroxylation is 2. The largest absolute Gasteiger partial charge is 0.466 e. The van der Waals surface area contributed by atoms with E-state index in [2.05, 4.69) is 5.32 Å². The standard InChI is InChI=1S/C14H23NO3/c1-9-6-11(10(2)18-9)12(16)8-15-13(17)7-14(3,4)5/h6,12,16H,7-8H2,1-5H3,(H,15,17)/t12-/m0/s1. The third kappa shape index (κ3) is 4.53. The van der Waals surface area contributed by atoms with Crippen LogP contribution in [-0.4, -0.2) is 17.6 Å². The first-order chi connectivity index (χ1) is 8.19. The molecule has 1 atom stereocenters. The zero-order valence-corrected chi connectivity index (χ0v) is 11.8. The fourth-order valence-electron chi connectivity index (χ4n) is 1.85. The number of nitrogens with one attached hydrogen (secondary N) is 1. The van der Waals surface area contributed by atoms with Crippen LogP contribution in [0.4, 0.5) is 0 Å². The van der Waals surface area contributed by atoms with Gasteiger partial charge in [0.15, 0.2) is 0 Å². The highest BCUT2D eigenvalue weighted by Gasteiger charge is 2.18. The lowest BCUT2D eigenvalue weighted by Gasteiger charge is -2.18. The summed E-state index contributed by atoms with van der Waals surface area (Å²) in [6, 6.07) is 1.80. The molecular formula is C14H23NO3. The molecule has 1 heterocycles. The molecule has 0 unspecified atom stereocenters. The van der Waals surface area contributed by atoms with E-state index in [0.29, 0.717) is 12.2 Å². The lowest BCUT2D eigenvalue weighted by Crippen LogP contribution is -2.31. The number of carbonyl (C=O) groups is 1. The second-order valence-electron chi connectivity index (χ2n) is 5.93. The number of rotatable bonds is 4. The van der Waals surface area contributed by atoms with E-state index in [1.54, 1.807) is 6.07 Å². The molecule has 2 N–H and O–H groups in total. The smallest absolute Gasteiger partial charge is 0.220 e. The van der Waals surface area contributed by atoms with Crippen molar-refractivity contribution in [3.63, 3.8) is 0 Å². The van der Waals surface area contributed by atoms with Gasteiger partial charge in [-0.15, -0.1) is 0 Å². The summed E-state index contributed by atoms with van der Waals surface area (Å²) in [5.74, 6) is 1.42. The van der Waals surface area contributed by atoms with Crippen molar-refractivity contribution in [2.75, 3.05) is 6.54 Å². The summed E-state index contributed by atoms with van der Waals surface area (Å²) in [6.45, 7) is 9.88. The molecule has 0 fully saturated rings. The van der Waals surface area contributed by atoms with Crippen molar-refractivity contribution < 1.29 is 14.3 Å². The van der Waals surface area contributed by atoms with Crippen LogP contribution in [-0.2, 0) is 4.79 Å². The molecule has 4 nitrogen and oxygen atoms in total. The van der Waals surface area contributed by atoms with E-state index in [-0.39, 0.29) is 17.9 Å². The Labute approximate surface area is 108 Å². The van der Waals surface area contributed by atoms with E-state index < -0.39 is 6.10 Å². The number of hydrogen-bond acceptors (Lipinski definition) is 3. The normalized spacial score (nSPS) is 13.4. The average molecular weight is 253 g/mol. The van der Waals surface area contributed by atoms with Crippen molar-refractivity contribution in [1.82, 2.24) is 5.32 Å². The van der Waals surface area contributed by atoms with Crippen LogP contribution in [0.5, 0.6) is 0 Å². The maximum atomic E-state index is 11.6. The van der Waals surface area contributed by atoms with Crippen LogP contribution in [0.3, 0.4) is 0 Å². The summed E-state index contributed by atoms with van der Waals surface area (Å²) in [4.78, 5) is 11.6. The quantitative estimate of drug-likeness (QED) is 0.866. The van der Waals surface area contributed by atoms with Gasteiger partial charge in [0.1, 0.15) is 11.5 Å². The maximum Gasteiger partial charge on any atom is 0.220 e. The molecule has 1 aromatic rings. The van der Waals surface area contributed by atoms with Crippen LogP contribution in [0, 0.1) is 19.3 Å². The van der Waals surface area contributed by atoms with Crippen LogP contribution >= 0.6 is 0 Å². The highest BCUT2D eigenvalue weighted by molar-refractivity contribution is 5.76. The van der Waals surface area contributed by atoms with Crippen molar-refractivity contribution in [2.45, 2.75) is 47.1 Å². The highest BCUT2D eigenvalue weighted by atomic mass is 16.3. The van der Waals surface area contributed by atoms with Gasteiger partial charge in [-0.1, -0.05) is 20.8 Å². The van der Waals surface area contributed by atoms with Crippen LogP contribution in [0.15, 0.2) is 10.5 Å². The molecule has 102 valence electrons. The van der Waals surface area contributed by atoms with Crippen LogP contribution in [0.1, 0.15) is 50.4 Å². The predicted octanol–water partition coefficient (Wildman–Crippen LogP) is 2.48. The molecule has 0 spiro atoms. The first-order valence-corrected chi connectivity index (χ1v) is 6.21. The summed E-state index contributed by atoms with van der Waals surface area (Å²) in [7, 11) is 0. The zero-order chi connectivity index (χ0) is 13.9. The van der Waals surface area contributed by atoms with Gasteiger partial charge in [0.25, 0.3) is 0 Å². The van der Waals surface area contributed by atoms with E-state index in [4.69, 9.17) is 4.42 Å². The number of carbonyl (C=O) groups excluding carboxylic acids is 1. The summed E-state index contributed by atoms with van der Waals surface area (Å²) in [5.41, 5.74) is 0.695. The summed E-state index contributed by atoms with van der Waals surface area (Å²) in [6.07, 6.45) is -0.269. The lowest BCUT2D eigenvalue weighted by molar-refractivity contribution is -0.123. The SMILES string of the molecule is Cc1cc([C@@H](O)CNC(=O)CC(C)(C)C)c(C)o1. The van der Waals surface area contributed by atoms with Crippen LogP contribution < -0.4 is 5.32 Å². The van der Waals surface area contributed by atoms with Crippen molar-refractivity contribution in [3.05, 3.63) is 23.2 Å². The molecule has 0 saturated carbocycles. The molecular weight excluding hydrogens is 230 g/mol. The van der Waals surface area contributed by atoms with Gasteiger partial charge >= 0.3 is 0 Å². The molecule has 4 heteroatoms. The minimum absolute atomic E-state index is 0.0422. The van der Waals surface area contributed by atoms with E-state index >= 15 is 0 Å². The fourth-order valence-corrected chi connectivity index (χ4v) is 1.85. The maximum absolute atomic E-state index is 11.6. The van der Waals surface area contributed by atoms with Crippen LogP contribution in [0.2, 0.25) is 0 Å². The molecule has 1 rings (SSSR count). The Kier molecular flexibility index (Phi) is 4.57. The van der Waals surface area contributed by atoms with Crippen molar-refractivity contribution in [3.8, 4) is 0 Å². The Balaban J connectivity index is 2.49.